The van der Waals surface area contributed by atoms with Crippen LogP contribution < -0.4 is 0 Å². The van der Waals surface area contributed by atoms with Crippen LogP contribution in [0, 0.1) is 23.2 Å². The van der Waals surface area contributed by atoms with Crippen LogP contribution in [-0.2, 0) is 4.79 Å². The van der Waals surface area contributed by atoms with Crippen molar-refractivity contribution in [2.24, 2.45) is 23.2 Å². The zero-order valence-electron chi connectivity index (χ0n) is 25.5. The van der Waals surface area contributed by atoms with E-state index in [-0.39, 0.29) is 0 Å². The van der Waals surface area contributed by atoms with E-state index in [0.29, 0.717) is 11.8 Å². The van der Waals surface area contributed by atoms with Crippen LogP contribution in [0.25, 0.3) is 0 Å². The molecule has 222 valence electrons. The maximum atomic E-state index is 11.5. The molecule has 3 fully saturated rings. The van der Waals surface area contributed by atoms with E-state index in [1.807, 2.05) is 0 Å². The van der Waals surface area contributed by atoms with Crippen LogP contribution in [0.2, 0.25) is 0 Å². The van der Waals surface area contributed by atoms with Gasteiger partial charge in [-0.25, -0.2) is 0 Å². The van der Waals surface area contributed by atoms with Crippen LogP contribution in [0.3, 0.4) is 0 Å². The summed E-state index contributed by atoms with van der Waals surface area (Å²) in [6, 6.07) is 0. The Labute approximate surface area is 237 Å². The van der Waals surface area contributed by atoms with Crippen molar-refractivity contribution in [3.63, 3.8) is 0 Å². The molecule has 0 unspecified atom stereocenters. The second-order valence-corrected chi connectivity index (χ2v) is 14.0. The van der Waals surface area contributed by atoms with Gasteiger partial charge in [-0.1, -0.05) is 141 Å². The Morgan fingerprint density at radius 1 is 0.447 bits per heavy atom. The van der Waals surface area contributed by atoms with Gasteiger partial charge in [0.1, 0.15) is 0 Å². The number of aliphatic carboxylic acids is 1. The van der Waals surface area contributed by atoms with Gasteiger partial charge in [-0.15, -0.1) is 0 Å². The third-order valence-corrected chi connectivity index (χ3v) is 11.3. The number of unbranched alkanes of at least 4 members (excludes halogenated alkanes) is 1. The smallest absolute Gasteiger partial charge is 0.303 e. The van der Waals surface area contributed by atoms with Crippen molar-refractivity contribution < 1.29 is 9.90 Å². The van der Waals surface area contributed by atoms with Crippen molar-refractivity contribution in [3.05, 3.63) is 0 Å². The highest BCUT2D eigenvalue weighted by molar-refractivity contribution is 5.66. The molecule has 0 amide bonds. The topological polar surface area (TPSA) is 37.3 Å². The van der Waals surface area contributed by atoms with Gasteiger partial charge >= 0.3 is 5.97 Å². The summed E-state index contributed by atoms with van der Waals surface area (Å²) >= 11 is 0. The van der Waals surface area contributed by atoms with E-state index in [1.165, 1.54) is 180 Å². The molecule has 0 aliphatic heterocycles. The first kappa shape index (κ1) is 32.0. The highest BCUT2D eigenvalue weighted by atomic mass is 16.4. The molecule has 1 N–H and O–H groups in total. The molecule has 0 bridgehead atoms. The van der Waals surface area contributed by atoms with Gasteiger partial charge in [-0.3, -0.25) is 4.79 Å². The van der Waals surface area contributed by atoms with Gasteiger partial charge < -0.3 is 5.11 Å². The van der Waals surface area contributed by atoms with Crippen molar-refractivity contribution in [1.82, 2.24) is 0 Å². The summed E-state index contributed by atoms with van der Waals surface area (Å²) in [5.74, 6) is 2.05. The Bertz CT molecular complexity index is 504. The number of carboxylic acids is 1. The first-order valence-corrected chi connectivity index (χ1v) is 18.0. The largest absolute Gasteiger partial charge is 0.481 e. The third-order valence-electron chi connectivity index (χ3n) is 11.3. The molecular weight excluding hydrogens is 464 g/mol. The normalized spacial score (nSPS) is 24.4. The van der Waals surface area contributed by atoms with Crippen LogP contribution in [-0.4, -0.2) is 11.1 Å². The minimum absolute atomic E-state index is 0.371. The molecule has 3 aliphatic carbocycles. The minimum Gasteiger partial charge on any atom is -0.481 e. The Morgan fingerprint density at radius 3 is 0.974 bits per heavy atom. The Morgan fingerprint density at radius 2 is 0.711 bits per heavy atom. The van der Waals surface area contributed by atoms with Crippen LogP contribution in [0.4, 0.5) is 0 Å². The molecule has 2 heteroatoms. The molecule has 3 rings (SSSR count). The summed E-state index contributed by atoms with van der Waals surface area (Å²) in [7, 11) is 0. The molecule has 0 aromatic rings. The maximum absolute atomic E-state index is 11.5. The van der Waals surface area contributed by atoms with Crippen molar-refractivity contribution in [2.45, 2.75) is 199 Å². The van der Waals surface area contributed by atoms with Gasteiger partial charge in [0, 0.05) is 6.42 Å². The predicted molar refractivity (Wildman–Crippen MR) is 164 cm³/mol. The molecule has 0 atom stereocenters. The van der Waals surface area contributed by atoms with Crippen molar-refractivity contribution in [3.8, 4) is 0 Å². The maximum Gasteiger partial charge on any atom is 0.303 e. The van der Waals surface area contributed by atoms with Crippen molar-refractivity contribution in [1.29, 1.82) is 0 Å². The summed E-state index contributed by atoms with van der Waals surface area (Å²) in [6.07, 6.45) is 42.9. The average Bonchev–Trinajstić information content (AvgIpc) is 2.93. The summed E-state index contributed by atoms with van der Waals surface area (Å²) in [5.41, 5.74) is 0.468. The fourth-order valence-electron chi connectivity index (χ4n) is 9.36. The zero-order chi connectivity index (χ0) is 26.7. The molecular formula is C36H66O2. The fraction of sp³-hybridized carbons (Fsp3) is 0.972. The summed E-state index contributed by atoms with van der Waals surface area (Å²) < 4.78 is 0. The number of hydrogen-bond donors (Lipinski definition) is 1. The first-order valence-electron chi connectivity index (χ1n) is 18.0. The van der Waals surface area contributed by atoms with E-state index in [2.05, 4.69) is 0 Å². The third kappa shape index (κ3) is 11.2. The van der Waals surface area contributed by atoms with Crippen LogP contribution in [0.5, 0.6) is 0 Å². The van der Waals surface area contributed by atoms with Gasteiger partial charge in [0.25, 0.3) is 0 Å². The van der Waals surface area contributed by atoms with Gasteiger partial charge in [0.2, 0.25) is 0 Å². The van der Waals surface area contributed by atoms with E-state index in [1.54, 1.807) is 0 Å². The quantitative estimate of drug-likeness (QED) is 0.317. The van der Waals surface area contributed by atoms with Gasteiger partial charge in [0.15, 0.2) is 0 Å². The summed E-state index contributed by atoms with van der Waals surface area (Å²) in [6.45, 7) is 0. The van der Waals surface area contributed by atoms with Crippen molar-refractivity contribution >= 4 is 5.97 Å². The molecule has 0 heterocycles. The summed E-state index contributed by atoms with van der Waals surface area (Å²) in [4.78, 5) is 11.5. The van der Waals surface area contributed by atoms with Gasteiger partial charge in [-0.05, 0) is 74.5 Å². The molecule has 0 spiro atoms. The molecule has 3 aliphatic rings. The highest BCUT2D eigenvalue weighted by Crippen LogP contribution is 2.57. The van der Waals surface area contributed by atoms with E-state index < -0.39 is 5.97 Å². The zero-order valence-corrected chi connectivity index (χ0v) is 25.5. The number of carboxylic acid groups (broad SMARTS) is 1. The Balaban J connectivity index is 1.97. The second kappa shape index (κ2) is 19.5. The van der Waals surface area contributed by atoms with E-state index >= 15 is 0 Å². The highest BCUT2D eigenvalue weighted by Gasteiger charge is 2.48. The second-order valence-electron chi connectivity index (χ2n) is 14.0. The molecule has 0 saturated heterocycles. The predicted octanol–water partition coefficient (Wildman–Crippen LogP) is 12.0. The van der Waals surface area contributed by atoms with Crippen LogP contribution >= 0.6 is 0 Å². The molecule has 0 aromatic heterocycles. The molecule has 38 heavy (non-hydrogen) atoms. The molecule has 2 nitrogen and oxygen atoms in total. The lowest BCUT2D eigenvalue weighted by Crippen LogP contribution is -2.45. The summed E-state index contributed by atoms with van der Waals surface area (Å²) in [5, 5.41) is 9.47. The first-order chi connectivity index (χ1) is 18.7. The van der Waals surface area contributed by atoms with Crippen LogP contribution in [0.1, 0.15) is 199 Å². The van der Waals surface area contributed by atoms with Gasteiger partial charge in [0.05, 0.1) is 0 Å². The lowest BCUT2D eigenvalue weighted by Gasteiger charge is -2.54. The monoisotopic (exact) mass is 531 g/mol. The molecule has 3 saturated carbocycles. The van der Waals surface area contributed by atoms with Gasteiger partial charge in [-0.2, -0.15) is 0 Å². The lowest BCUT2D eigenvalue weighted by molar-refractivity contribution is -0.137. The number of hydrogen-bond acceptors (Lipinski definition) is 1. The molecule has 0 radical (unpaired) electrons. The van der Waals surface area contributed by atoms with Crippen molar-refractivity contribution in [2.75, 3.05) is 0 Å². The van der Waals surface area contributed by atoms with E-state index in [0.717, 1.165) is 30.6 Å². The van der Waals surface area contributed by atoms with E-state index in [9.17, 15) is 9.90 Å². The Hall–Kier alpha value is -0.530. The van der Waals surface area contributed by atoms with E-state index in [4.69, 9.17) is 0 Å². The fourth-order valence-corrected chi connectivity index (χ4v) is 9.36. The lowest BCUT2D eigenvalue weighted by atomic mass is 9.51. The minimum atomic E-state index is -0.591. The van der Waals surface area contributed by atoms with Crippen LogP contribution in [0.15, 0.2) is 0 Å². The number of carbonyl (C=O) groups is 1. The standard InChI is InChI=1S/C36H66O2/c37-35(38)30-22-23-31-36(32-24-16-10-4-1-5-11-17-25-32,33-26-18-12-6-2-7-13-19-27-33)34-28-20-14-8-3-9-15-21-29-34/h32-34H,1-31H2,(H,37,38). The SMILES string of the molecule is O=C(O)CCCCC(C1CCCCCCCCC1)(C1CCCCCCCCC1)C1CCCCCCCCC1. The number of rotatable bonds is 8. The molecule has 0 aromatic carbocycles. The average molecular weight is 531 g/mol. The Kier molecular flexibility index (Phi) is 16.4.